The van der Waals surface area contributed by atoms with Crippen LogP contribution in [-0.2, 0) is 0 Å². The van der Waals surface area contributed by atoms with Crippen LogP contribution in [0.1, 0.15) is 24.4 Å². The number of tetrazole rings is 1. The van der Waals surface area contributed by atoms with E-state index in [0.717, 1.165) is 31.5 Å². The van der Waals surface area contributed by atoms with E-state index >= 15 is 0 Å². The Morgan fingerprint density at radius 1 is 1.30 bits per heavy atom. The molecule has 106 valence electrons. The summed E-state index contributed by atoms with van der Waals surface area (Å²) in [4.78, 5) is 1.66. The Hall–Kier alpha value is -1.17. The van der Waals surface area contributed by atoms with Crippen molar-refractivity contribution in [1.82, 2.24) is 25.5 Å². The van der Waals surface area contributed by atoms with E-state index in [4.69, 9.17) is 23.2 Å². The molecule has 1 fully saturated rings. The maximum atomic E-state index is 6.14. The fraction of sp³-hybridized carbons (Fsp3) is 0.462. The third-order valence-electron chi connectivity index (χ3n) is 3.68. The lowest BCUT2D eigenvalue weighted by Crippen LogP contribution is -2.36. The maximum Gasteiger partial charge on any atom is 0.162 e. The topological polar surface area (TPSA) is 55.6 Å². The van der Waals surface area contributed by atoms with Gasteiger partial charge in [0, 0.05) is 6.54 Å². The molecule has 0 aliphatic carbocycles. The predicted octanol–water partition coefficient (Wildman–Crippen LogP) is 2.57. The van der Waals surface area contributed by atoms with Gasteiger partial charge in [0.15, 0.2) is 6.33 Å². The van der Waals surface area contributed by atoms with Crippen molar-refractivity contribution in [2.75, 3.05) is 13.1 Å². The number of rotatable bonds is 3. The Kier molecular flexibility index (Phi) is 4.19. The molecule has 7 heteroatoms. The summed E-state index contributed by atoms with van der Waals surface area (Å²) in [5, 5.41) is 16.6. The van der Waals surface area contributed by atoms with E-state index in [1.165, 1.54) is 6.33 Å². The molecular weight excluding hydrogens is 297 g/mol. The molecule has 2 heterocycles. The van der Waals surface area contributed by atoms with E-state index < -0.39 is 0 Å². The van der Waals surface area contributed by atoms with Crippen molar-refractivity contribution in [3.63, 3.8) is 0 Å². The molecule has 5 nitrogen and oxygen atoms in total. The van der Waals surface area contributed by atoms with Crippen molar-refractivity contribution >= 4 is 23.2 Å². The Balaban J connectivity index is 1.98. The van der Waals surface area contributed by atoms with Gasteiger partial charge in [-0.15, -0.1) is 10.2 Å². The second-order valence-corrected chi connectivity index (χ2v) is 5.80. The van der Waals surface area contributed by atoms with Gasteiger partial charge in [-0.25, -0.2) is 0 Å². The monoisotopic (exact) mass is 311 g/mol. The molecule has 1 N–H and O–H groups in total. The second kappa shape index (κ2) is 6.08. The van der Waals surface area contributed by atoms with Gasteiger partial charge >= 0.3 is 0 Å². The van der Waals surface area contributed by atoms with Crippen LogP contribution in [-0.4, -0.2) is 33.3 Å². The predicted molar refractivity (Wildman–Crippen MR) is 78.0 cm³/mol. The van der Waals surface area contributed by atoms with Crippen molar-refractivity contribution in [3.8, 4) is 0 Å². The van der Waals surface area contributed by atoms with Gasteiger partial charge in [-0.1, -0.05) is 29.3 Å². The van der Waals surface area contributed by atoms with Gasteiger partial charge in [0.25, 0.3) is 0 Å². The minimum Gasteiger partial charge on any atom is -0.316 e. The molecule has 1 aromatic carbocycles. The van der Waals surface area contributed by atoms with E-state index in [9.17, 15) is 0 Å². The molecule has 0 spiro atoms. The molecule has 0 bridgehead atoms. The van der Waals surface area contributed by atoms with E-state index in [1.54, 1.807) is 4.80 Å². The number of piperidine rings is 1. The zero-order valence-corrected chi connectivity index (χ0v) is 12.3. The van der Waals surface area contributed by atoms with Gasteiger partial charge in [0.2, 0.25) is 0 Å². The number of nitrogens with one attached hydrogen (secondary N) is 1. The Morgan fingerprint density at radius 3 is 2.85 bits per heavy atom. The molecule has 2 atom stereocenters. The van der Waals surface area contributed by atoms with Gasteiger partial charge in [0.05, 0.1) is 10.0 Å². The highest BCUT2D eigenvalue weighted by atomic mass is 35.5. The second-order valence-electron chi connectivity index (χ2n) is 4.98. The van der Waals surface area contributed by atoms with Crippen LogP contribution in [0, 0.1) is 5.92 Å². The quantitative estimate of drug-likeness (QED) is 0.946. The smallest absolute Gasteiger partial charge is 0.162 e. The largest absolute Gasteiger partial charge is 0.316 e. The van der Waals surface area contributed by atoms with Crippen molar-refractivity contribution in [1.29, 1.82) is 0 Å². The maximum absolute atomic E-state index is 6.14. The van der Waals surface area contributed by atoms with Gasteiger partial charge in [0.1, 0.15) is 6.04 Å². The molecule has 2 aromatic rings. The summed E-state index contributed by atoms with van der Waals surface area (Å²) in [7, 11) is 0. The fourth-order valence-electron chi connectivity index (χ4n) is 2.74. The van der Waals surface area contributed by atoms with Crippen LogP contribution in [0.3, 0.4) is 0 Å². The first kappa shape index (κ1) is 13.8. The van der Waals surface area contributed by atoms with Crippen LogP contribution in [0.15, 0.2) is 24.5 Å². The van der Waals surface area contributed by atoms with E-state index in [1.807, 2.05) is 18.2 Å². The highest BCUT2D eigenvalue weighted by molar-refractivity contribution is 6.42. The minimum atomic E-state index is 0.0278. The number of hydrogen-bond acceptors (Lipinski definition) is 4. The van der Waals surface area contributed by atoms with Crippen molar-refractivity contribution < 1.29 is 0 Å². The molecule has 1 aliphatic rings. The molecule has 0 unspecified atom stereocenters. The lowest BCUT2D eigenvalue weighted by molar-refractivity contribution is 0.261. The molecule has 1 aromatic heterocycles. The molecular formula is C13H15Cl2N5. The van der Waals surface area contributed by atoms with E-state index in [-0.39, 0.29) is 6.04 Å². The Labute approximate surface area is 127 Å². The number of hydrogen-bond donors (Lipinski definition) is 1. The first-order chi connectivity index (χ1) is 9.75. The van der Waals surface area contributed by atoms with Crippen LogP contribution in [0.4, 0.5) is 0 Å². The molecule has 20 heavy (non-hydrogen) atoms. The molecule has 0 amide bonds. The lowest BCUT2D eigenvalue weighted by atomic mass is 9.87. The summed E-state index contributed by atoms with van der Waals surface area (Å²) in [6.07, 6.45) is 3.73. The number of nitrogens with zero attached hydrogens (tertiary/aromatic N) is 4. The van der Waals surface area contributed by atoms with Crippen molar-refractivity contribution in [3.05, 3.63) is 40.1 Å². The first-order valence-corrected chi connectivity index (χ1v) is 7.39. The van der Waals surface area contributed by atoms with E-state index in [2.05, 4.69) is 20.7 Å². The fourth-order valence-corrected chi connectivity index (χ4v) is 3.05. The van der Waals surface area contributed by atoms with Crippen LogP contribution in [0.2, 0.25) is 10.0 Å². The van der Waals surface area contributed by atoms with Gasteiger partial charge < -0.3 is 5.32 Å². The average molecular weight is 312 g/mol. The van der Waals surface area contributed by atoms with E-state index in [0.29, 0.717) is 16.0 Å². The lowest BCUT2D eigenvalue weighted by Gasteiger charge is -2.30. The molecule has 1 aliphatic heterocycles. The summed E-state index contributed by atoms with van der Waals surface area (Å²) in [6, 6.07) is 5.73. The standard InChI is InChI=1S/C13H15Cl2N5/c14-11-4-3-9(6-12(11)15)13(20-18-8-17-19-20)10-2-1-5-16-7-10/h3-4,6,8,10,13,16H,1-2,5,7H2/t10-,13+/m0/s1. The molecule has 0 radical (unpaired) electrons. The number of halogens is 2. The Morgan fingerprint density at radius 2 is 2.20 bits per heavy atom. The third kappa shape index (κ3) is 2.80. The van der Waals surface area contributed by atoms with Crippen molar-refractivity contribution in [2.45, 2.75) is 18.9 Å². The summed E-state index contributed by atoms with van der Waals surface area (Å²) in [5.74, 6) is 0.412. The van der Waals surface area contributed by atoms with Crippen LogP contribution < -0.4 is 5.32 Å². The van der Waals surface area contributed by atoms with Gasteiger partial charge in [-0.3, -0.25) is 0 Å². The molecule has 0 saturated carbocycles. The van der Waals surface area contributed by atoms with Gasteiger partial charge in [-0.2, -0.15) is 4.80 Å². The summed E-state index contributed by atoms with van der Waals surface area (Å²) < 4.78 is 0. The minimum absolute atomic E-state index is 0.0278. The zero-order chi connectivity index (χ0) is 13.9. The van der Waals surface area contributed by atoms with Crippen LogP contribution >= 0.6 is 23.2 Å². The first-order valence-electron chi connectivity index (χ1n) is 6.64. The van der Waals surface area contributed by atoms with Crippen LogP contribution in [0.25, 0.3) is 0 Å². The SMILES string of the molecule is Clc1ccc([C@H]([C@H]2CCCNC2)n2ncnn2)cc1Cl. The highest BCUT2D eigenvalue weighted by Gasteiger charge is 2.28. The summed E-state index contributed by atoms with van der Waals surface area (Å²) in [5.41, 5.74) is 1.06. The Bertz CT molecular complexity index is 566. The highest BCUT2D eigenvalue weighted by Crippen LogP contribution is 2.33. The third-order valence-corrected chi connectivity index (χ3v) is 4.42. The number of aromatic nitrogens is 4. The summed E-state index contributed by atoms with van der Waals surface area (Å²) in [6.45, 7) is 2.00. The van der Waals surface area contributed by atoms with Crippen molar-refractivity contribution in [2.24, 2.45) is 5.92 Å². The van der Waals surface area contributed by atoms with Crippen LogP contribution in [0.5, 0.6) is 0 Å². The zero-order valence-electron chi connectivity index (χ0n) is 10.8. The molecule has 1 saturated heterocycles. The average Bonchev–Trinajstić information content (AvgIpc) is 2.98. The number of benzene rings is 1. The summed E-state index contributed by atoms with van der Waals surface area (Å²) >= 11 is 12.1. The van der Waals surface area contributed by atoms with Gasteiger partial charge in [-0.05, 0) is 48.2 Å². The normalized spacial score (nSPS) is 20.8. The molecule has 3 rings (SSSR count).